The van der Waals surface area contributed by atoms with Crippen LogP contribution in [0.5, 0.6) is 0 Å². The minimum Gasteiger partial charge on any atom is -0.352 e. The van der Waals surface area contributed by atoms with Crippen LogP contribution in [0.3, 0.4) is 0 Å². The summed E-state index contributed by atoms with van der Waals surface area (Å²) in [5, 5.41) is 13.6. The van der Waals surface area contributed by atoms with E-state index in [0.29, 0.717) is 28.0 Å². The highest BCUT2D eigenvalue weighted by molar-refractivity contribution is 6.36. The van der Waals surface area contributed by atoms with Gasteiger partial charge in [-0.25, -0.2) is 4.98 Å². The minimum atomic E-state index is 0.352. The van der Waals surface area contributed by atoms with Gasteiger partial charge in [-0.2, -0.15) is 0 Å². The lowest BCUT2D eigenvalue weighted by atomic mass is 10.1. The van der Waals surface area contributed by atoms with Crippen LogP contribution in [0.4, 0.5) is 5.82 Å². The second-order valence-electron chi connectivity index (χ2n) is 7.17. The van der Waals surface area contributed by atoms with Crippen molar-refractivity contribution in [3.05, 3.63) is 58.6 Å². The zero-order valence-corrected chi connectivity index (χ0v) is 17.2. The van der Waals surface area contributed by atoms with Gasteiger partial charge in [0.05, 0.1) is 5.02 Å². The molecule has 1 aromatic heterocycles. The maximum absolute atomic E-state index is 6.39. The topological polar surface area (TPSA) is 53.9 Å². The molecule has 1 fully saturated rings. The van der Waals surface area contributed by atoms with Crippen molar-refractivity contribution in [2.24, 2.45) is 0 Å². The molecule has 1 saturated heterocycles. The molecule has 144 valence electrons. The van der Waals surface area contributed by atoms with E-state index < -0.39 is 0 Å². The van der Waals surface area contributed by atoms with Crippen molar-refractivity contribution >= 4 is 29.0 Å². The summed E-state index contributed by atoms with van der Waals surface area (Å²) in [6, 6.07) is 16.0. The normalized spacial score (nSPS) is 19.6. The maximum atomic E-state index is 6.39. The first kappa shape index (κ1) is 19.1. The second kappa shape index (κ2) is 8.03. The molecule has 28 heavy (non-hydrogen) atoms. The Labute approximate surface area is 174 Å². The van der Waals surface area contributed by atoms with Crippen LogP contribution < -0.4 is 10.2 Å². The third-order valence-corrected chi connectivity index (χ3v) is 5.29. The third kappa shape index (κ3) is 3.97. The summed E-state index contributed by atoms with van der Waals surface area (Å²) in [6.07, 6.45) is 0. The lowest BCUT2D eigenvalue weighted by Gasteiger charge is -2.37. The van der Waals surface area contributed by atoms with Crippen molar-refractivity contribution in [3.8, 4) is 22.6 Å². The van der Waals surface area contributed by atoms with E-state index in [1.807, 2.05) is 36.4 Å². The Kier molecular flexibility index (Phi) is 5.49. The number of benzene rings is 2. The van der Waals surface area contributed by atoms with Crippen LogP contribution in [0.2, 0.25) is 10.0 Å². The fraction of sp³-hybridized carbons (Fsp3) is 0.286. The van der Waals surface area contributed by atoms with Gasteiger partial charge in [0, 0.05) is 41.3 Å². The van der Waals surface area contributed by atoms with Gasteiger partial charge in [0.1, 0.15) is 5.69 Å². The van der Waals surface area contributed by atoms with Gasteiger partial charge in [-0.1, -0.05) is 53.5 Å². The first-order chi connectivity index (χ1) is 13.5. The fourth-order valence-electron chi connectivity index (χ4n) is 3.61. The molecule has 2 atom stereocenters. The molecule has 1 aliphatic heterocycles. The van der Waals surface area contributed by atoms with Crippen LogP contribution in [0.1, 0.15) is 13.8 Å². The summed E-state index contributed by atoms with van der Waals surface area (Å²) in [5.41, 5.74) is 2.48. The fourth-order valence-corrected chi connectivity index (χ4v) is 4.10. The Balaban J connectivity index is 1.84. The van der Waals surface area contributed by atoms with Gasteiger partial charge in [0.15, 0.2) is 11.6 Å². The Hall–Kier alpha value is -2.21. The molecule has 1 aliphatic rings. The van der Waals surface area contributed by atoms with E-state index in [2.05, 4.69) is 34.3 Å². The standard InChI is InChI=1S/C21H21Cl2N5/c1-13-11-28(12-14(2)24-13)21-19(15-6-4-3-5-7-15)26-27-20(25-21)17-9-8-16(22)10-18(17)23/h3-10,13-14,24H,11-12H2,1-2H3/t13-,14-/m0/s1. The van der Waals surface area contributed by atoms with Gasteiger partial charge in [0.25, 0.3) is 0 Å². The van der Waals surface area contributed by atoms with Crippen molar-refractivity contribution < 1.29 is 0 Å². The van der Waals surface area contributed by atoms with Crippen molar-refractivity contribution in [2.75, 3.05) is 18.0 Å². The van der Waals surface area contributed by atoms with E-state index in [4.69, 9.17) is 28.2 Å². The van der Waals surface area contributed by atoms with E-state index in [0.717, 1.165) is 35.7 Å². The molecule has 0 aliphatic carbocycles. The molecule has 0 radical (unpaired) electrons. The van der Waals surface area contributed by atoms with Crippen molar-refractivity contribution in [2.45, 2.75) is 25.9 Å². The Bertz CT molecular complexity index is 970. The number of hydrogen-bond acceptors (Lipinski definition) is 5. The van der Waals surface area contributed by atoms with Crippen LogP contribution in [0.25, 0.3) is 22.6 Å². The van der Waals surface area contributed by atoms with Gasteiger partial charge in [-0.15, -0.1) is 10.2 Å². The number of rotatable bonds is 3. The molecule has 2 aromatic carbocycles. The number of hydrogen-bond donors (Lipinski definition) is 1. The molecule has 4 rings (SSSR count). The number of anilines is 1. The van der Waals surface area contributed by atoms with Crippen molar-refractivity contribution in [1.29, 1.82) is 0 Å². The molecule has 0 bridgehead atoms. The Morgan fingerprint density at radius 1 is 0.964 bits per heavy atom. The summed E-state index contributed by atoms with van der Waals surface area (Å²) < 4.78 is 0. The Morgan fingerprint density at radius 3 is 2.36 bits per heavy atom. The second-order valence-corrected chi connectivity index (χ2v) is 8.02. The number of aromatic nitrogens is 3. The monoisotopic (exact) mass is 413 g/mol. The molecular formula is C21H21Cl2N5. The highest BCUT2D eigenvalue weighted by Gasteiger charge is 2.26. The van der Waals surface area contributed by atoms with Gasteiger partial charge >= 0.3 is 0 Å². The highest BCUT2D eigenvalue weighted by atomic mass is 35.5. The summed E-state index contributed by atoms with van der Waals surface area (Å²) in [6.45, 7) is 6.04. The Morgan fingerprint density at radius 2 is 1.68 bits per heavy atom. The van der Waals surface area contributed by atoms with Crippen LogP contribution in [-0.4, -0.2) is 40.4 Å². The number of nitrogens with one attached hydrogen (secondary N) is 1. The van der Waals surface area contributed by atoms with E-state index >= 15 is 0 Å². The number of piperazine rings is 1. The predicted molar refractivity (Wildman–Crippen MR) is 115 cm³/mol. The van der Waals surface area contributed by atoms with Crippen LogP contribution >= 0.6 is 23.2 Å². The maximum Gasteiger partial charge on any atom is 0.185 e. The van der Waals surface area contributed by atoms with Crippen molar-refractivity contribution in [1.82, 2.24) is 20.5 Å². The highest BCUT2D eigenvalue weighted by Crippen LogP contribution is 2.32. The SMILES string of the molecule is C[C@H]1CN(c2nc(-c3ccc(Cl)cc3Cl)nnc2-c2ccccc2)C[C@H](C)N1. The molecular weight excluding hydrogens is 393 g/mol. The summed E-state index contributed by atoms with van der Waals surface area (Å²) in [5.74, 6) is 1.32. The van der Waals surface area contributed by atoms with Gasteiger partial charge in [-0.3, -0.25) is 0 Å². The molecule has 2 heterocycles. The molecule has 0 spiro atoms. The van der Waals surface area contributed by atoms with Gasteiger partial charge in [-0.05, 0) is 32.0 Å². The average Bonchev–Trinajstić information content (AvgIpc) is 2.67. The summed E-state index contributed by atoms with van der Waals surface area (Å²) in [4.78, 5) is 7.17. The molecule has 5 nitrogen and oxygen atoms in total. The number of halogens is 2. The first-order valence-corrected chi connectivity index (χ1v) is 10.0. The predicted octanol–water partition coefficient (Wildman–Crippen LogP) is 4.70. The minimum absolute atomic E-state index is 0.352. The van der Waals surface area contributed by atoms with E-state index in [9.17, 15) is 0 Å². The largest absolute Gasteiger partial charge is 0.352 e. The number of nitrogens with zero attached hydrogens (tertiary/aromatic N) is 4. The van der Waals surface area contributed by atoms with E-state index in [-0.39, 0.29) is 0 Å². The van der Waals surface area contributed by atoms with Gasteiger partial charge < -0.3 is 10.2 Å². The summed E-state index contributed by atoms with van der Waals surface area (Å²) in [7, 11) is 0. The van der Waals surface area contributed by atoms with E-state index in [1.54, 1.807) is 12.1 Å². The average molecular weight is 414 g/mol. The zero-order valence-electron chi connectivity index (χ0n) is 15.7. The lowest BCUT2D eigenvalue weighted by Crippen LogP contribution is -2.54. The van der Waals surface area contributed by atoms with Gasteiger partial charge in [0.2, 0.25) is 0 Å². The molecule has 0 saturated carbocycles. The molecule has 0 amide bonds. The quantitative estimate of drug-likeness (QED) is 0.674. The molecule has 0 unspecified atom stereocenters. The zero-order chi connectivity index (χ0) is 19.7. The summed E-state index contributed by atoms with van der Waals surface area (Å²) >= 11 is 12.4. The van der Waals surface area contributed by atoms with Crippen LogP contribution in [0, 0.1) is 0 Å². The van der Waals surface area contributed by atoms with Crippen molar-refractivity contribution in [3.63, 3.8) is 0 Å². The first-order valence-electron chi connectivity index (χ1n) is 9.28. The lowest BCUT2D eigenvalue weighted by molar-refractivity contribution is 0.405. The molecule has 3 aromatic rings. The molecule has 1 N–H and O–H groups in total. The van der Waals surface area contributed by atoms with Crippen LogP contribution in [-0.2, 0) is 0 Å². The smallest absolute Gasteiger partial charge is 0.185 e. The van der Waals surface area contributed by atoms with Crippen LogP contribution in [0.15, 0.2) is 48.5 Å². The van der Waals surface area contributed by atoms with E-state index in [1.165, 1.54) is 0 Å². The molecule has 7 heteroatoms. The third-order valence-electron chi connectivity index (χ3n) is 4.74.